The van der Waals surface area contributed by atoms with Crippen molar-refractivity contribution >= 4 is 17.8 Å². The van der Waals surface area contributed by atoms with E-state index in [0.717, 1.165) is 95.6 Å². The predicted molar refractivity (Wildman–Crippen MR) is 237 cm³/mol. The van der Waals surface area contributed by atoms with Gasteiger partial charge in [-0.3, -0.25) is 14.4 Å². The number of halogens is 3. The summed E-state index contributed by atoms with van der Waals surface area (Å²) >= 11 is 0. The van der Waals surface area contributed by atoms with Crippen LogP contribution in [0.25, 0.3) is 0 Å². The minimum Gasteiger partial charge on any atom is -0.462 e. The molecule has 1 aliphatic heterocycles. The first-order valence-electron chi connectivity index (χ1n) is 24.0. The van der Waals surface area contributed by atoms with Crippen LogP contribution < -0.4 is 5.32 Å². The van der Waals surface area contributed by atoms with Gasteiger partial charge in [0.1, 0.15) is 24.4 Å². The Morgan fingerprint density at radius 1 is 0.778 bits per heavy atom. The van der Waals surface area contributed by atoms with Crippen molar-refractivity contribution in [2.45, 2.75) is 231 Å². The van der Waals surface area contributed by atoms with E-state index in [1.165, 1.54) is 50.3 Å². The third-order valence-corrected chi connectivity index (χ3v) is 11.4. The summed E-state index contributed by atoms with van der Waals surface area (Å²) in [6, 6.07) is 3.39. The lowest BCUT2D eigenvalue weighted by Gasteiger charge is -2.43. The van der Waals surface area contributed by atoms with Crippen molar-refractivity contribution in [3.63, 3.8) is 0 Å². The van der Waals surface area contributed by atoms with Crippen molar-refractivity contribution in [3.05, 3.63) is 48.0 Å². The molecule has 1 aromatic rings. The van der Waals surface area contributed by atoms with Gasteiger partial charge in [0.15, 0.2) is 12.4 Å². The smallest absolute Gasteiger partial charge is 0.416 e. The number of nitrogens with one attached hydrogen (secondary N) is 1. The number of carbonyl (C=O) groups is 3. The number of benzene rings is 1. The maximum atomic E-state index is 13.9. The van der Waals surface area contributed by atoms with E-state index in [9.17, 15) is 37.8 Å². The molecule has 0 radical (unpaired) electrons. The molecule has 0 aliphatic carbocycles. The van der Waals surface area contributed by atoms with Gasteiger partial charge in [0.2, 0.25) is 5.91 Å². The largest absolute Gasteiger partial charge is 0.462 e. The van der Waals surface area contributed by atoms with E-state index in [1.807, 2.05) is 0 Å². The molecule has 1 heterocycles. The zero-order chi connectivity index (χ0) is 46.3. The Morgan fingerprint density at radius 3 is 1.86 bits per heavy atom. The van der Waals surface area contributed by atoms with Crippen LogP contribution in [0.4, 0.5) is 13.2 Å². The molecule has 0 bridgehead atoms. The molecular formula is C49H80F3NO10. The van der Waals surface area contributed by atoms with Crippen LogP contribution in [-0.4, -0.2) is 84.1 Å². The van der Waals surface area contributed by atoms with Crippen molar-refractivity contribution in [2.24, 2.45) is 0 Å². The lowest BCUT2D eigenvalue weighted by atomic mass is 9.96. The summed E-state index contributed by atoms with van der Waals surface area (Å²) in [5, 5.41) is 24.4. The molecule has 0 saturated carbocycles. The minimum absolute atomic E-state index is 0.0271. The summed E-state index contributed by atoms with van der Waals surface area (Å²) in [6.45, 7) is 9.39. The predicted octanol–water partition coefficient (Wildman–Crippen LogP) is 10.6. The number of aliphatic hydroxyl groups excluding tert-OH is 2. The Balaban J connectivity index is 2.20. The standard InChI is InChI=1S/C49H80F3NO10/c1-5-9-12-15-16-17-18-21-24-27-43(56)61-40(26-23-20-14-11-7-3)33-42(55)53-45-47(46(58)41(35-54)62-48(45)59-32-8-4)63-44(57)34-39(25-22-19-13-10-6-2)60-36-37-28-30-38(31-29-37)49(50,51)52/h8,28-31,39-41,45-48,54,58H,4-7,9-27,32-36H2,1-3H3,(H,53,55)/t39-,40-,41-,45-,46-,47-,48+/m1/s1. The zero-order valence-electron chi connectivity index (χ0n) is 38.5. The molecule has 7 atom stereocenters. The number of aliphatic hydroxyl groups is 2. The third kappa shape index (κ3) is 24.2. The number of rotatable bonds is 36. The lowest BCUT2D eigenvalue weighted by molar-refractivity contribution is -0.271. The van der Waals surface area contributed by atoms with Crippen LogP contribution in [0.5, 0.6) is 0 Å². The molecular weight excluding hydrogens is 820 g/mol. The van der Waals surface area contributed by atoms with Gasteiger partial charge in [0, 0.05) is 6.42 Å². The molecule has 11 nitrogen and oxygen atoms in total. The second kappa shape index (κ2) is 33.4. The van der Waals surface area contributed by atoms with Crippen LogP contribution in [0.3, 0.4) is 0 Å². The quantitative estimate of drug-likeness (QED) is 0.0337. The summed E-state index contributed by atoms with van der Waals surface area (Å²) in [6.07, 6.45) is 10.5. The number of esters is 2. The van der Waals surface area contributed by atoms with Gasteiger partial charge in [-0.05, 0) is 43.4 Å². The molecule has 2 rings (SSSR count). The van der Waals surface area contributed by atoms with Crippen molar-refractivity contribution in [1.82, 2.24) is 5.32 Å². The number of hydrogen-bond acceptors (Lipinski definition) is 10. The third-order valence-electron chi connectivity index (χ3n) is 11.4. The number of amides is 1. The highest BCUT2D eigenvalue weighted by Gasteiger charge is 2.49. The Morgan fingerprint density at radius 2 is 1.32 bits per heavy atom. The van der Waals surface area contributed by atoms with Crippen molar-refractivity contribution in [2.75, 3.05) is 13.2 Å². The first-order valence-corrected chi connectivity index (χ1v) is 24.0. The molecule has 362 valence electrons. The zero-order valence-corrected chi connectivity index (χ0v) is 38.5. The van der Waals surface area contributed by atoms with Crippen LogP contribution in [0, 0.1) is 0 Å². The molecule has 0 spiro atoms. The van der Waals surface area contributed by atoms with Crippen LogP contribution in [0.2, 0.25) is 0 Å². The maximum absolute atomic E-state index is 13.9. The fraction of sp³-hybridized carbons (Fsp3) is 0.776. The number of carbonyl (C=O) groups excluding carboxylic acids is 3. The highest BCUT2D eigenvalue weighted by molar-refractivity contribution is 5.78. The monoisotopic (exact) mass is 900 g/mol. The van der Waals surface area contributed by atoms with Gasteiger partial charge in [-0.15, -0.1) is 6.58 Å². The number of ether oxygens (including phenoxy) is 5. The van der Waals surface area contributed by atoms with E-state index in [1.54, 1.807) is 0 Å². The van der Waals surface area contributed by atoms with Crippen LogP contribution >= 0.6 is 0 Å². The van der Waals surface area contributed by atoms with Crippen LogP contribution in [-0.2, 0) is 50.9 Å². The topological polar surface area (TPSA) is 150 Å². The van der Waals surface area contributed by atoms with Gasteiger partial charge in [0.05, 0.1) is 44.3 Å². The van der Waals surface area contributed by atoms with Gasteiger partial charge in [0.25, 0.3) is 0 Å². The van der Waals surface area contributed by atoms with Gasteiger partial charge in [-0.1, -0.05) is 148 Å². The summed E-state index contributed by atoms with van der Waals surface area (Å²) < 4.78 is 69.1. The van der Waals surface area contributed by atoms with Crippen molar-refractivity contribution < 1.29 is 61.5 Å². The fourth-order valence-electron chi connectivity index (χ4n) is 7.73. The van der Waals surface area contributed by atoms with Gasteiger partial charge in [-0.25, -0.2) is 0 Å². The summed E-state index contributed by atoms with van der Waals surface area (Å²) in [4.78, 5) is 40.6. The summed E-state index contributed by atoms with van der Waals surface area (Å²) in [7, 11) is 0. The average molecular weight is 900 g/mol. The van der Waals surface area contributed by atoms with Gasteiger partial charge in [-0.2, -0.15) is 13.2 Å². The fourth-order valence-corrected chi connectivity index (χ4v) is 7.73. The normalized spacial score (nSPS) is 19.9. The Kier molecular flexibility index (Phi) is 29.8. The highest BCUT2D eigenvalue weighted by Crippen LogP contribution is 2.30. The van der Waals surface area contributed by atoms with Crippen LogP contribution in [0.1, 0.15) is 186 Å². The van der Waals surface area contributed by atoms with E-state index in [4.69, 9.17) is 23.7 Å². The lowest BCUT2D eigenvalue weighted by Crippen LogP contribution is -2.66. The van der Waals surface area contributed by atoms with Crippen molar-refractivity contribution in [1.29, 1.82) is 0 Å². The molecule has 63 heavy (non-hydrogen) atoms. The molecule has 1 fully saturated rings. The molecule has 1 amide bonds. The number of alkyl halides is 3. The highest BCUT2D eigenvalue weighted by atomic mass is 19.4. The first kappa shape index (κ1) is 56.1. The van der Waals surface area contributed by atoms with E-state index in [2.05, 4.69) is 32.7 Å². The average Bonchev–Trinajstić information content (AvgIpc) is 3.25. The van der Waals surface area contributed by atoms with E-state index in [0.29, 0.717) is 24.8 Å². The molecule has 0 unspecified atom stereocenters. The molecule has 1 saturated heterocycles. The summed E-state index contributed by atoms with van der Waals surface area (Å²) in [5.41, 5.74) is -0.282. The second-order valence-corrected chi connectivity index (χ2v) is 17.0. The van der Waals surface area contributed by atoms with Crippen molar-refractivity contribution in [3.8, 4) is 0 Å². The van der Waals surface area contributed by atoms with Gasteiger partial charge < -0.3 is 39.2 Å². The molecule has 0 aromatic heterocycles. The van der Waals surface area contributed by atoms with Crippen LogP contribution in [0.15, 0.2) is 36.9 Å². The molecule has 3 N–H and O–H groups in total. The number of hydrogen-bond donors (Lipinski definition) is 3. The Labute approximate surface area is 375 Å². The van der Waals surface area contributed by atoms with E-state index >= 15 is 0 Å². The first-order chi connectivity index (χ1) is 30.4. The molecule has 14 heteroatoms. The summed E-state index contributed by atoms with van der Waals surface area (Å²) in [5.74, 6) is -1.66. The Bertz CT molecular complexity index is 1380. The van der Waals surface area contributed by atoms with E-state index < -0.39 is 73.1 Å². The SMILES string of the molecule is C=CCO[C@H]1O[C@H](CO)[C@@H](O)[C@H](OC(=O)C[C@@H](CCCCCCC)OCc2ccc(C(F)(F)F)cc2)[C@H]1NC(=O)C[C@@H](CCCCCCC)OC(=O)CCCCCCCCCCC. The van der Waals surface area contributed by atoms with Gasteiger partial charge >= 0.3 is 18.1 Å². The molecule has 1 aliphatic rings. The minimum atomic E-state index is -4.48. The Hall–Kier alpha value is -3.04. The maximum Gasteiger partial charge on any atom is 0.416 e. The molecule has 1 aromatic carbocycles. The van der Waals surface area contributed by atoms with E-state index in [-0.39, 0.29) is 38.4 Å². The number of unbranched alkanes of at least 4 members (excludes halogenated alkanes) is 16. The second-order valence-electron chi connectivity index (χ2n) is 17.0.